The van der Waals surface area contributed by atoms with Crippen LogP contribution in [0.1, 0.15) is 13.3 Å². The summed E-state index contributed by atoms with van der Waals surface area (Å²) in [4.78, 5) is 0. The Kier molecular flexibility index (Phi) is 1.29. The van der Waals surface area contributed by atoms with Gasteiger partial charge in [0, 0.05) is 25.7 Å². The Balaban J connectivity index is 2.28. The molecular weight excluding hydrogens is 88.1 g/mol. The van der Waals surface area contributed by atoms with Gasteiger partial charge in [-0.3, -0.25) is 5.01 Å². The summed E-state index contributed by atoms with van der Waals surface area (Å²) in [6, 6.07) is 0. The molecule has 0 fully saturated rings. The van der Waals surface area contributed by atoms with Crippen LogP contribution in [-0.4, -0.2) is 24.3 Å². The molecule has 40 valence electrons. The van der Waals surface area contributed by atoms with Gasteiger partial charge in [0.15, 0.2) is 0 Å². The third-order valence-corrected chi connectivity index (χ3v) is 1.13. The molecule has 0 aromatic carbocycles. The second kappa shape index (κ2) is 1.96. The van der Waals surface area contributed by atoms with E-state index < -0.39 is 0 Å². The van der Waals surface area contributed by atoms with E-state index in [0.717, 1.165) is 19.5 Å². The molecule has 0 spiro atoms. The highest BCUT2D eigenvalue weighted by Gasteiger charge is 1.99. The summed E-state index contributed by atoms with van der Waals surface area (Å²) in [5, 5.41) is 6.12. The molecular formula is C5H10N2. The number of hydrogen-bond donors (Lipinski definition) is 0. The van der Waals surface area contributed by atoms with E-state index in [0.29, 0.717) is 0 Å². The van der Waals surface area contributed by atoms with Crippen LogP contribution < -0.4 is 0 Å². The van der Waals surface area contributed by atoms with Crippen LogP contribution >= 0.6 is 0 Å². The molecule has 0 saturated heterocycles. The minimum Gasteiger partial charge on any atom is -0.297 e. The minimum absolute atomic E-state index is 1.05. The van der Waals surface area contributed by atoms with Crippen molar-refractivity contribution in [1.82, 2.24) is 5.01 Å². The van der Waals surface area contributed by atoms with E-state index in [1.807, 2.05) is 6.21 Å². The van der Waals surface area contributed by atoms with Crippen LogP contribution in [0, 0.1) is 0 Å². The first-order valence-corrected chi connectivity index (χ1v) is 2.71. The lowest BCUT2D eigenvalue weighted by molar-refractivity contribution is 0.337. The molecule has 0 aromatic rings. The van der Waals surface area contributed by atoms with Crippen molar-refractivity contribution >= 4 is 6.21 Å². The first kappa shape index (κ1) is 4.62. The van der Waals surface area contributed by atoms with Crippen LogP contribution in [0.4, 0.5) is 0 Å². The molecule has 0 amide bonds. The fourth-order valence-corrected chi connectivity index (χ4v) is 0.677. The second-order valence-electron chi connectivity index (χ2n) is 1.63. The maximum absolute atomic E-state index is 4.06. The van der Waals surface area contributed by atoms with Crippen molar-refractivity contribution in [2.45, 2.75) is 13.3 Å². The van der Waals surface area contributed by atoms with Crippen molar-refractivity contribution in [1.29, 1.82) is 0 Å². The fraction of sp³-hybridized carbons (Fsp3) is 0.800. The van der Waals surface area contributed by atoms with Gasteiger partial charge in [-0.25, -0.2) is 0 Å². The summed E-state index contributed by atoms with van der Waals surface area (Å²) in [6.45, 7) is 4.29. The van der Waals surface area contributed by atoms with Crippen LogP contribution in [0.15, 0.2) is 5.10 Å². The SMILES string of the molecule is CCN1CCC=N1. The minimum atomic E-state index is 1.05. The van der Waals surface area contributed by atoms with E-state index in [2.05, 4.69) is 17.0 Å². The van der Waals surface area contributed by atoms with Gasteiger partial charge in [-0.05, 0) is 6.92 Å². The smallest absolute Gasteiger partial charge is 0.0410 e. The monoisotopic (exact) mass is 98.1 g/mol. The van der Waals surface area contributed by atoms with E-state index in [9.17, 15) is 0 Å². The topological polar surface area (TPSA) is 15.6 Å². The molecule has 0 bridgehead atoms. The first-order valence-electron chi connectivity index (χ1n) is 2.71. The van der Waals surface area contributed by atoms with Crippen LogP contribution in [0.25, 0.3) is 0 Å². The predicted octanol–water partition coefficient (Wildman–Crippen LogP) is 0.698. The maximum Gasteiger partial charge on any atom is 0.0410 e. The summed E-state index contributed by atoms with van der Waals surface area (Å²) in [5.41, 5.74) is 0. The lowest BCUT2D eigenvalue weighted by Gasteiger charge is -2.07. The molecule has 0 radical (unpaired) electrons. The maximum atomic E-state index is 4.06. The normalized spacial score (nSPS) is 18.7. The number of rotatable bonds is 1. The number of nitrogens with zero attached hydrogens (tertiary/aromatic N) is 2. The summed E-state index contributed by atoms with van der Waals surface area (Å²) >= 11 is 0. The van der Waals surface area contributed by atoms with Crippen LogP contribution in [-0.2, 0) is 0 Å². The molecule has 2 heteroatoms. The highest BCUT2D eigenvalue weighted by Crippen LogP contribution is 1.96. The Labute approximate surface area is 43.8 Å². The highest BCUT2D eigenvalue weighted by molar-refractivity contribution is 5.58. The van der Waals surface area contributed by atoms with Gasteiger partial charge in [0.05, 0.1) is 0 Å². The van der Waals surface area contributed by atoms with E-state index in [4.69, 9.17) is 0 Å². The number of hydrazone groups is 1. The van der Waals surface area contributed by atoms with Gasteiger partial charge >= 0.3 is 0 Å². The average Bonchev–Trinajstić information content (AvgIpc) is 2.14. The summed E-state index contributed by atoms with van der Waals surface area (Å²) in [7, 11) is 0. The zero-order valence-electron chi connectivity index (χ0n) is 4.59. The summed E-state index contributed by atoms with van der Waals surface area (Å²) in [5.74, 6) is 0. The lowest BCUT2D eigenvalue weighted by atomic mass is 10.5. The Morgan fingerprint density at radius 1 is 1.86 bits per heavy atom. The molecule has 0 aliphatic carbocycles. The zero-order valence-corrected chi connectivity index (χ0v) is 4.59. The molecule has 0 unspecified atom stereocenters. The van der Waals surface area contributed by atoms with Crippen molar-refractivity contribution in [2.75, 3.05) is 13.1 Å². The molecule has 2 nitrogen and oxygen atoms in total. The molecule has 1 aliphatic rings. The summed E-state index contributed by atoms with van der Waals surface area (Å²) < 4.78 is 0. The van der Waals surface area contributed by atoms with Crippen molar-refractivity contribution < 1.29 is 0 Å². The van der Waals surface area contributed by atoms with E-state index in [1.165, 1.54) is 0 Å². The highest BCUT2D eigenvalue weighted by atomic mass is 15.5. The van der Waals surface area contributed by atoms with Gasteiger partial charge in [-0.1, -0.05) is 0 Å². The van der Waals surface area contributed by atoms with Crippen molar-refractivity contribution in [3.63, 3.8) is 0 Å². The fourth-order valence-electron chi connectivity index (χ4n) is 0.677. The molecule has 0 atom stereocenters. The van der Waals surface area contributed by atoms with Gasteiger partial charge in [-0.2, -0.15) is 5.10 Å². The molecule has 0 N–H and O–H groups in total. The molecule has 0 saturated carbocycles. The van der Waals surface area contributed by atoms with Gasteiger partial charge < -0.3 is 0 Å². The predicted molar refractivity (Wildman–Crippen MR) is 30.4 cm³/mol. The van der Waals surface area contributed by atoms with Crippen LogP contribution in [0.5, 0.6) is 0 Å². The molecule has 1 aliphatic heterocycles. The molecule has 7 heavy (non-hydrogen) atoms. The van der Waals surface area contributed by atoms with E-state index >= 15 is 0 Å². The zero-order chi connectivity index (χ0) is 5.11. The van der Waals surface area contributed by atoms with Gasteiger partial charge in [0.25, 0.3) is 0 Å². The third kappa shape index (κ3) is 0.918. The van der Waals surface area contributed by atoms with E-state index in [1.54, 1.807) is 0 Å². The van der Waals surface area contributed by atoms with Crippen LogP contribution in [0.3, 0.4) is 0 Å². The Hall–Kier alpha value is -0.530. The van der Waals surface area contributed by atoms with Crippen molar-refractivity contribution in [3.05, 3.63) is 0 Å². The van der Waals surface area contributed by atoms with Gasteiger partial charge in [0.2, 0.25) is 0 Å². The Morgan fingerprint density at radius 2 is 2.71 bits per heavy atom. The molecule has 1 rings (SSSR count). The quantitative estimate of drug-likeness (QED) is 0.471. The summed E-state index contributed by atoms with van der Waals surface area (Å²) in [6.07, 6.45) is 3.09. The molecule has 1 heterocycles. The Bertz CT molecular complexity index is 78.1. The largest absolute Gasteiger partial charge is 0.297 e. The second-order valence-corrected chi connectivity index (χ2v) is 1.63. The van der Waals surface area contributed by atoms with Crippen molar-refractivity contribution in [2.24, 2.45) is 5.10 Å². The van der Waals surface area contributed by atoms with Crippen LogP contribution in [0.2, 0.25) is 0 Å². The molecule has 0 aromatic heterocycles. The van der Waals surface area contributed by atoms with E-state index in [-0.39, 0.29) is 0 Å². The van der Waals surface area contributed by atoms with Gasteiger partial charge in [0.1, 0.15) is 0 Å². The average molecular weight is 98.1 g/mol. The standard InChI is InChI=1S/C5H10N2/c1-2-7-5-3-4-6-7/h4H,2-3,5H2,1H3. The first-order chi connectivity index (χ1) is 3.43. The Morgan fingerprint density at radius 3 is 3.00 bits per heavy atom. The van der Waals surface area contributed by atoms with Gasteiger partial charge in [-0.15, -0.1) is 0 Å². The lowest BCUT2D eigenvalue weighted by Crippen LogP contribution is -2.11. The van der Waals surface area contributed by atoms with Crippen molar-refractivity contribution in [3.8, 4) is 0 Å². The third-order valence-electron chi connectivity index (χ3n) is 1.13. The number of hydrogen-bond acceptors (Lipinski definition) is 2.